The van der Waals surface area contributed by atoms with Crippen LogP contribution in [0.15, 0.2) is 40.1 Å². The number of benzene rings is 2. The fraction of sp³-hybridized carbons (Fsp3) is 0.167. The Morgan fingerprint density at radius 2 is 1.93 bits per heavy atom. The highest BCUT2D eigenvalue weighted by atomic mass is 32.2. The van der Waals surface area contributed by atoms with E-state index in [0.29, 0.717) is 0 Å². The molecule has 0 saturated carbocycles. The first-order valence-electron chi connectivity index (χ1n) is 4.59. The molecule has 0 aliphatic carbocycles. The van der Waals surface area contributed by atoms with Gasteiger partial charge >= 0.3 is 0 Å². The lowest BCUT2D eigenvalue weighted by Gasteiger charge is -2.08. The molecular formula is C12H12OS2. The van der Waals surface area contributed by atoms with Crippen molar-refractivity contribution in [2.45, 2.75) is 9.79 Å². The minimum atomic E-state index is 0.925. The monoisotopic (exact) mass is 236 g/mol. The van der Waals surface area contributed by atoms with Gasteiger partial charge in [-0.25, -0.2) is 0 Å². The van der Waals surface area contributed by atoms with Gasteiger partial charge < -0.3 is 4.74 Å². The Balaban J connectivity index is 2.69. The zero-order chi connectivity index (χ0) is 10.8. The van der Waals surface area contributed by atoms with E-state index in [4.69, 9.17) is 4.74 Å². The predicted octanol–water partition coefficient (Wildman–Crippen LogP) is 3.86. The van der Waals surface area contributed by atoms with Crippen molar-refractivity contribution in [3.05, 3.63) is 30.3 Å². The van der Waals surface area contributed by atoms with E-state index >= 15 is 0 Å². The molecular weight excluding hydrogens is 224 g/mol. The number of thioether (sulfide) groups is 1. The largest absolute Gasteiger partial charge is 0.496 e. The maximum atomic E-state index is 5.34. The molecule has 2 rings (SSSR count). The molecule has 0 saturated heterocycles. The second-order valence-electron chi connectivity index (χ2n) is 3.24. The molecule has 0 bridgehead atoms. The molecule has 0 aliphatic heterocycles. The predicted molar refractivity (Wildman–Crippen MR) is 69.5 cm³/mol. The van der Waals surface area contributed by atoms with Crippen molar-refractivity contribution in [3.8, 4) is 5.75 Å². The zero-order valence-corrected chi connectivity index (χ0v) is 10.4. The maximum Gasteiger partial charge on any atom is 0.133 e. The number of hydrogen-bond acceptors (Lipinski definition) is 3. The van der Waals surface area contributed by atoms with Crippen molar-refractivity contribution in [2.75, 3.05) is 13.4 Å². The van der Waals surface area contributed by atoms with Crippen molar-refractivity contribution in [3.63, 3.8) is 0 Å². The normalized spacial score (nSPS) is 10.6. The van der Waals surface area contributed by atoms with Crippen LogP contribution in [-0.2, 0) is 0 Å². The van der Waals surface area contributed by atoms with E-state index in [1.165, 1.54) is 5.39 Å². The molecule has 0 fully saturated rings. The third-order valence-corrected chi connectivity index (χ3v) is 3.36. The molecule has 0 amide bonds. The van der Waals surface area contributed by atoms with E-state index in [0.717, 1.165) is 20.9 Å². The fourth-order valence-electron chi connectivity index (χ4n) is 1.56. The average Bonchev–Trinajstić information content (AvgIpc) is 2.27. The molecule has 0 radical (unpaired) electrons. The Morgan fingerprint density at radius 3 is 2.60 bits per heavy atom. The highest BCUT2D eigenvalue weighted by molar-refractivity contribution is 7.98. The van der Waals surface area contributed by atoms with Crippen molar-refractivity contribution in [2.24, 2.45) is 0 Å². The van der Waals surface area contributed by atoms with Gasteiger partial charge in [-0.2, -0.15) is 0 Å². The van der Waals surface area contributed by atoms with E-state index < -0.39 is 0 Å². The molecule has 3 heteroatoms. The summed E-state index contributed by atoms with van der Waals surface area (Å²) in [6, 6.07) is 10.3. The van der Waals surface area contributed by atoms with Crippen LogP contribution in [0.4, 0.5) is 0 Å². The van der Waals surface area contributed by atoms with E-state index in [-0.39, 0.29) is 0 Å². The maximum absolute atomic E-state index is 5.34. The van der Waals surface area contributed by atoms with Crippen LogP contribution in [0, 0.1) is 0 Å². The second kappa shape index (κ2) is 4.37. The van der Waals surface area contributed by atoms with Gasteiger partial charge in [0.05, 0.1) is 7.11 Å². The molecule has 2 aromatic carbocycles. The van der Waals surface area contributed by atoms with E-state index in [1.54, 1.807) is 18.9 Å². The van der Waals surface area contributed by atoms with Crippen molar-refractivity contribution < 1.29 is 4.74 Å². The fourth-order valence-corrected chi connectivity index (χ4v) is 2.36. The van der Waals surface area contributed by atoms with Crippen LogP contribution in [0.2, 0.25) is 0 Å². The molecule has 15 heavy (non-hydrogen) atoms. The molecule has 0 N–H and O–H groups in total. The Hall–Kier alpha value is -0.800. The van der Waals surface area contributed by atoms with Crippen LogP contribution < -0.4 is 4.74 Å². The minimum absolute atomic E-state index is 0.925. The summed E-state index contributed by atoms with van der Waals surface area (Å²) in [5, 5.41) is 2.38. The smallest absolute Gasteiger partial charge is 0.133 e. The van der Waals surface area contributed by atoms with E-state index in [1.807, 2.05) is 12.1 Å². The third-order valence-electron chi connectivity index (χ3n) is 2.33. The minimum Gasteiger partial charge on any atom is -0.496 e. The summed E-state index contributed by atoms with van der Waals surface area (Å²) in [5.74, 6) is 0.925. The highest BCUT2D eigenvalue weighted by Gasteiger charge is 2.04. The summed E-state index contributed by atoms with van der Waals surface area (Å²) in [7, 11) is 1.70. The number of rotatable bonds is 2. The number of fused-ring (bicyclic) bond motifs is 1. The molecule has 0 heterocycles. The summed E-state index contributed by atoms with van der Waals surface area (Å²) in [6.45, 7) is 0. The molecule has 0 unspecified atom stereocenters. The van der Waals surface area contributed by atoms with Crippen molar-refractivity contribution in [1.29, 1.82) is 0 Å². The number of hydrogen-bond donors (Lipinski definition) is 1. The van der Waals surface area contributed by atoms with Crippen LogP contribution in [0.25, 0.3) is 10.8 Å². The van der Waals surface area contributed by atoms with Gasteiger partial charge in [0.1, 0.15) is 5.75 Å². The van der Waals surface area contributed by atoms with Gasteiger partial charge in [-0.05, 0) is 41.3 Å². The third kappa shape index (κ3) is 2.08. The van der Waals surface area contributed by atoms with Gasteiger partial charge in [0.2, 0.25) is 0 Å². The number of ether oxygens (including phenoxy) is 1. The summed E-state index contributed by atoms with van der Waals surface area (Å²) in [6.07, 6.45) is 2.05. The van der Waals surface area contributed by atoms with Crippen LogP contribution in [0.5, 0.6) is 5.75 Å². The average molecular weight is 236 g/mol. The lowest BCUT2D eigenvalue weighted by Crippen LogP contribution is -1.86. The lowest BCUT2D eigenvalue weighted by molar-refractivity contribution is 0.405. The highest BCUT2D eigenvalue weighted by Crippen LogP contribution is 2.32. The van der Waals surface area contributed by atoms with Gasteiger partial charge in [-0.1, -0.05) is 6.07 Å². The SMILES string of the molecule is COc1cc2cc(S)ccc2cc1SC. The van der Waals surface area contributed by atoms with Crippen molar-refractivity contribution >= 4 is 35.2 Å². The summed E-state index contributed by atoms with van der Waals surface area (Å²) >= 11 is 6.02. The molecule has 78 valence electrons. The van der Waals surface area contributed by atoms with Crippen molar-refractivity contribution in [1.82, 2.24) is 0 Å². The quantitative estimate of drug-likeness (QED) is 0.626. The lowest BCUT2D eigenvalue weighted by atomic mass is 10.1. The molecule has 0 atom stereocenters. The Labute approximate surface area is 99.2 Å². The zero-order valence-electron chi connectivity index (χ0n) is 8.65. The summed E-state index contributed by atoms with van der Waals surface area (Å²) in [4.78, 5) is 2.14. The summed E-state index contributed by atoms with van der Waals surface area (Å²) in [5.41, 5.74) is 0. The Kier molecular flexibility index (Phi) is 3.12. The van der Waals surface area contributed by atoms with E-state index in [2.05, 4.69) is 37.1 Å². The van der Waals surface area contributed by atoms with Gasteiger partial charge in [0, 0.05) is 9.79 Å². The Morgan fingerprint density at radius 1 is 1.13 bits per heavy atom. The Bertz CT molecular complexity index is 494. The standard InChI is InChI=1S/C12H12OS2/c1-13-11-6-9-5-10(14)4-3-8(9)7-12(11)15-2/h3-7,14H,1-2H3. The first kappa shape index (κ1) is 10.7. The molecule has 0 spiro atoms. The van der Waals surface area contributed by atoms with Gasteiger partial charge in [-0.3, -0.25) is 0 Å². The van der Waals surface area contributed by atoms with Crippen LogP contribution in [-0.4, -0.2) is 13.4 Å². The van der Waals surface area contributed by atoms with Crippen LogP contribution in [0.1, 0.15) is 0 Å². The van der Waals surface area contributed by atoms with Gasteiger partial charge in [0.25, 0.3) is 0 Å². The molecule has 1 nitrogen and oxygen atoms in total. The first-order valence-corrected chi connectivity index (χ1v) is 6.26. The summed E-state index contributed by atoms with van der Waals surface area (Å²) < 4.78 is 5.34. The molecule has 2 aromatic rings. The van der Waals surface area contributed by atoms with E-state index in [9.17, 15) is 0 Å². The number of methoxy groups -OCH3 is 1. The van der Waals surface area contributed by atoms with Gasteiger partial charge in [0.15, 0.2) is 0 Å². The number of thiol groups is 1. The van der Waals surface area contributed by atoms with Gasteiger partial charge in [-0.15, -0.1) is 24.4 Å². The molecule has 0 aromatic heterocycles. The van der Waals surface area contributed by atoms with Crippen LogP contribution >= 0.6 is 24.4 Å². The second-order valence-corrected chi connectivity index (χ2v) is 4.60. The van der Waals surface area contributed by atoms with Crippen LogP contribution in [0.3, 0.4) is 0 Å². The topological polar surface area (TPSA) is 9.23 Å². The first-order chi connectivity index (χ1) is 7.24. The molecule has 0 aliphatic rings.